The number of aldehydes is 1. The Labute approximate surface area is 76.3 Å². The van der Waals surface area contributed by atoms with Crippen LogP contribution in [0.25, 0.3) is 0 Å². The Morgan fingerprint density at radius 2 is 2.23 bits per heavy atom. The largest absolute Gasteiger partial charge is 0.496 e. The van der Waals surface area contributed by atoms with Crippen LogP contribution in [-0.2, 0) is 4.79 Å². The summed E-state index contributed by atoms with van der Waals surface area (Å²) in [4.78, 5) is 10.5. The van der Waals surface area contributed by atoms with Gasteiger partial charge in [-0.2, -0.15) is 0 Å². The summed E-state index contributed by atoms with van der Waals surface area (Å²) in [7, 11) is 1.45. The predicted octanol–water partition coefficient (Wildman–Crippen LogP) is 2.14. The number of hydrogen-bond donors (Lipinski definition) is 0. The molecule has 1 rings (SSSR count). The summed E-state index contributed by atoms with van der Waals surface area (Å²) in [5.74, 6) is -0.463. The Hall–Kier alpha value is -1.38. The third kappa shape index (κ3) is 1.86. The van der Waals surface area contributed by atoms with Crippen LogP contribution in [0.5, 0.6) is 5.75 Å². The second-order valence-electron chi connectivity index (χ2n) is 2.78. The maximum atomic E-state index is 13.2. The molecule has 0 heterocycles. The van der Waals surface area contributed by atoms with Gasteiger partial charge in [-0.25, -0.2) is 4.39 Å². The van der Waals surface area contributed by atoms with E-state index in [1.165, 1.54) is 13.2 Å². The van der Waals surface area contributed by atoms with Crippen LogP contribution in [-0.4, -0.2) is 13.4 Å². The molecule has 0 fully saturated rings. The number of benzene rings is 1. The van der Waals surface area contributed by atoms with Crippen LogP contribution in [0.4, 0.5) is 4.39 Å². The molecule has 0 N–H and O–H groups in total. The first-order valence-electron chi connectivity index (χ1n) is 3.98. The highest BCUT2D eigenvalue weighted by atomic mass is 19.1. The highest BCUT2D eigenvalue weighted by molar-refractivity contribution is 5.63. The lowest BCUT2D eigenvalue weighted by Gasteiger charge is -2.10. The molecule has 0 aromatic heterocycles. The summed E-state index contributed by atoms with van der Waals surface area (Å²) >= 11 is 0. The summed E-state index contributed by atoms with van der Waals surface area (Å²) in [6.45, 7) is 1.63. The third-order valence-electron chi connectivity index (χ3n) is 1.89. The maximum absolute atomic E-state index is 13.2. The average molecular weight is 182 g/mol. The number of rotatable bonds is 3. The predicted molar refractivity (Wildman–Crippen MR) is 47.4 cm³/mol. The van der Waals surface area contributed by atoms with Crippen LogP contribution >= 0.6 is 0 Å². The zero-order chi connectivity index (χ0) is 9.84. The highest BCUT2D eigenvalue weighted by Crippen LogP contribution is 2.27. The van der Waals surface area contributed by atoms with E-state index in [4.69, 9.17) is 4.74 Å². The van der Waals surface area contributed by atoms with Crippen LogP contribution in [0.2, 0.25) is 0 Å². The van der Waals surface area contributed by atoms with Crippen molar-refractivity contribution in [3.8, 4) is 5.75 Å². The summed E-state index contributed by atoms with van der Waals surface area (Å²) in [5.41, 5.74) is 0.319. The van der Waals surface area contributed by atoms with Gasteiger partial charge in [-0.15, -0.1) is 0 Å². The van der Waals surface area contributed by atoms with Gasteiger partial charge in [-0.1, -0.05) is 13.0 Å². The molecule has 1 aromatic carbocycles. The number of hydrogen-bond acceptors (Lipinski definition) is 2. The molecule has 0 aliphatic heterocycles. The molecule has 0 amide bonds. The van der Waals surface area contributed by atoms with Crippen LogP contribution in [0, 0.1) is 5.82 Å². The summed E-state index contributed by atoms with van der Waals surface area (Å²) in [6.07, 6.45) is 0.695. The van der Waals surface area contributed by atoms with Crippen molar-refractivity contribution in [2.24, 2.45) is 0 Å². The van der Waals surface area contributed by atoms with Crippen LogP contribution in [0.3, 0.4) is 0 Å². The van der Waals surface area contributed by atoms with Gasteiger partial charge in [0.1, 0.15) is 17.9 Å². The number of methoxy groups -OCH3 is 1. The van der Waals surface area contributed by atoms with Crippen molar-refractivity contribution in [2.75, 3.05) is 7.11 Å². The highest BCUT2D eigenvalue weighted by Gasteiger charge is 2.14. The Kier molecular flexibility index (Phi) is 3.01. The average Bonchev–Trinajstić information content (AvgIpc) is 2.16. The molecular formula is C10H11FO2. The van der Waals surface area contributed by atoms with Crippen molar-refractivity contribution in [3.63, 3.8) is 0 Å². The van der Waals surface area contributed by atoms with E-state index in [0.29, 0.717) is 17.6 Å². The van der Waals surface area contributed by atoms with Crippen molar-refractivity contribution >= 4 is 6.29 Å². The molecule has 0 saturated heterocycles. The Morgan fingerprint density at radius 1 is 1.54 bits per heavy atom. The second-order valence-corrected chi connectivity index (χ2v) is 2.78. The Bertz CT molecular complexity index is 310. The number of ether oxygens (including phenoxy) is 1. The fraction of sp³-hybridized carbons (Fsp3) is 0.300. The quantitative estimate of drug-likeness (QED) is 0.669. The minimum Gasteiger partial charge on any atom is -0.496 e. The standard InChI is InChI=1S/C10H11FO2/c1-7(6-12)10-8(11)4-3-5-9(10)13-2/h3-7H,1-2H3. The fourth-order valence-corrected chi connectivity index (χ4v) is 1.21. The van der Waals surface area contributed by atoms with Gasteiger partial charge in [0, 0.05) is 11.5 Å². The lowest BCUT2D eigenvalue weighted by atomic mass is 10.0. The third-order valence-corrected chi connectivity index (χ3v) is 1.89. The Morgan fingerprint density at radius 3 is 2.77 bits per heavy atom. The molecule has 70 valence electrons. The second kappa shape index (κ2) is 4.03. The first-order chi connectivity index (χ1) is 6.20. The van der Waals surface area contributed by atoms with Gasteiger partial charge < -0.3 is 9.53 Å². The number of halogens is 1. The first kappa shape index (κ1) is 9.71. The number of carbonyl (C=O) groups is 1. The van der Waals surface area contributed by atoms with Gasteiger partial charge in [0.25, 0.3) is 0 Å². The summed E-state index contributed by atoms with van der Waals surface area (Å²) < 4.78 is 18.2. The van der Waals surface area contributed by atoms with Crippen molar-refractivity contribution < 1.29 is 13.9 Å². The minimum atomic E-state index is -0.476. The topological polar surface area (TPSA) is 26.3 Å². The van der Waals surface area contributed by atoms with E-state index in [0.717, 1.165) is 0 Å². The van der Waals surface area contributed by atoms with E-state index in [1.54, 1.807) is 19.1 Å². The molecule has 0 radical (unpaired) electrons. The zero-order valence-corrected chi connectivity index (χ0v) is 7.58. The molecule has 0 bridgehead atoms. The molecule has 0 saturated carbocycles. The summed E-state index contributed by atoms with van der Waals surface area (Å²) in [5, 5.41) is 0. The monoisotopic (exact) mass is 182 g/mol. The van der Waals surface area contributed by atoms with Gasteiger partial charge in [0.05, 0.1) is 7.11 Å². The van der Waals surface area contributed by atoms with Crippen LogP contribution in [0.15, 0.2) is 18.2 Å². The van der Waals surface area contributed by atoms with Gasteiger partial charge in [0.15, 0.2) is 0 Å². The molecule has 1 aromatic rings. The van der Waals surface area contributed by atoms with Crippen LogP contribution in [0.1, 0.15) is 18.4 Å². The zero-order valence-electron chi connectivity index (χ0n) is 7.58. The van der Waals surface area contributed by atoms with E-state index in [1.807, 2.05) is 0 Å². The Balaban J connectivity index is 3.22. The van der Waals surface area contributed by atoms with Crippen molar-refractivity contribution in [1.29, 1.82) is 0 Å². The smallest absolute Gasteiger partial charge is 0.130 e. The van der Waals surface area contributed by atoms with Crippen molar-refractivity contribution in [1.82, 2.24) is 0 Å². The van der Waals surface area contributed by atoms with E-state index in [2.05, 4.69) is 0 Å². The molecule has 0 aliphatic carbocycles. The molecule has 0 aliphatic rings. The fourth-order valence-electron chi connectivity index (χ4n) is 1.21. The SMILES string of the molecule is COc1cccc(F)c1C(C)C=O. The van der Waals surface area contributed by atoms with E-state index in [9.17, 15) is 9.18 Å². The summed E-state index contributed by atoms with van der Waals surface area (Å²) in [6, 6.07) is 4.51. The van der Waals surface area contributed by atoms with Crippen molar-refractivity contribution in [2.45, 2.75) is 12.8 Å². The molecule has 0 spiro atoms. The van der Waals surface area contributed by atoms with Crippen LogP contribution < -0.4 is 4.74 Å². The molecule has 13 heavy (non-hydrogen) atoms. The van der Waals surface area contributed by atoms with E-state index < -0.39 is 11.7 Å². The maximum Gasteiger partial charge on any atom is 0.130 e. The molecule has 3 heteroatoms. The minimum absolute atomic E-state index is 0.319. The first-order valence-corrected chi connectivity index (χ1v) is 3.98. The molecule has 2 nitrogen and oxygen atoms in total. The van der Waals surface area contributed by atoms with E-state index >= 15 is 0 Å². The van der Waals surface area contributed by atoms with Gasteiger partial charge in [-0.05, 0) is 12.1 Å². The van der Waals surface area contributed by atoms with Gasteiger partial charge in [0.2, 0.25) is 0 Å². The van der Waals surface area contributed by atoms with Gasteiger partial charge >= 0.3 is 0 Å². The lowest BCUT2D eigenvalue weighted by molar-refractivity contribution is -0.108. The molecule has 1 atom stereocenters. The van der Waals surface area contributed by atoms with E-state index in [-0.39, 0.29) is 0 Å². The lowest BCUT2D eigenvalue weighted by Crippen LogP contribution is -2.01. The number of carbonyl (C=O) groups excluding carboxylic acids is 1. The molecule has 1 unspecified atom stereocenters. The normalized spacial score (nSPS) is 12.2. The van der Waals surface area contributed by atoms with Crippen molar-refractivity contribution in [3.05, 3.63) is 29.6 Å². The van der Waals surface area contributed by atoms with Gasteiger partial charge in [-0.3, -0.25) is 0 Å². The molecular weight excluding hydrogens is 171 g/mol.